The van der Waals surface area contributed by atoms with E-state index in [9.17, 15) is 19.5 Å². The van der Waals surface area contributed by atoms with Gasteiger partial charge in [0.1, 0.15) is 17.2 Å². The van der Waals surface area contributed by atoms with Gasteiger partial charge in [0.25, 0.3) is 5.91 Å². The third kappa shape index (κ3) is 6.33. The van der Waals surface area contributed by atoms with Gasteiger partial charge in [0, 0.05) is 28.9 Å². The number of benzene rings is 1. The fourth-order valence-corrected chi connectivity index (χ4v) is 5.06. The molecule has 3 N–H and O–H groups in total. The van der Waals surface area contributed by atoms with Gasteiger partial charge in [0.2, 0.25) is 0 Å². The molecule has 0 aliphatic heterocycles. The molecule has 2 aromatic heterocycles. The number of rotatable bonds is 8. The van der Waals surface area contributed by atoms with E-state index in [4.69, 9.17) is 9.72 Å². The van der Waals surface area contributed by atoms with Crippen molar-refractivity contribution >= 4 is 29.3 Å². The summed E-state index contributed by atoms with van der Waals surface area (Å²) in [6.07, 6.45) is 6.83. The van der Waals surface area contributed by atoms with Gasteiger partial charge >= 0.3 is 11.9 Å². The van der Waals surface area contributed by atoms with Crippen LogP contribution >= 0.6 is 0 Å². The van der Waals surface area contributed by atoms with E-state index in [0.29, 0.717) is 22.5 Å². The van der Waals surface area contributed by atoms with Crippen LogP contribution in [0.15, 0.2) is 42.6 Å². The van der Waals surface area contributed by atoms with E-state index < -0.39 is 18.0 Å². The first-order valence-electron chi connectivity index (χ1n) is 13.1. The molecule has 202 valence electrons. The zero-order valence-corrected chi connectivity index (χ0v) is 22.4. The molecule has 0 radical (unpaired) electrons. The number of nitrogens with one attached hydrogen (secondary N) is 2. The molecular formula is C29H36N4O5. The number of aliphatic carboxylic acids is 1. The zero-order valence-electron chi connectivity index (χ0n) is 22.4. The van der Waals surface area contributed by atoms with Gasteiger partial charge in [0.05, 0.1) is 19.1 Å². The Bertz CT molecular complexity index is 1320. The molecule has 2 heterocycles. The van der Waals surface area contributed by atoms with Gasteiger partial charge in [-0.05, 0) is 63.8 Å². The summed E-state index contributed by atoms with van der Waals surface area (Å²) in [5.74, 6) is -0.700. The maximum Gasteiger partial charge on any atom is 0.337 e. The summed E-state index contributed by atoms with van der Waals surface area (Å²) in [6.45, 7) is 6.14. The SMILES string of the molecule is COC(=O)c1ccc(-c2nc3cc(C(=O)NC(CC(=O)O)C4CCCCC4)ccn3c2NC(C)(C)C)cc1. The second kappa shape index (κ2) is 11.2. The molecule has 9 nitrogen and oxygen atoms in total. The number of ether oxygens (including phenoxy) is 1. The molecule has 3 aromatic rings. The Kier molecular flexibility index (Phi) is 8.04. The fourth-order valence-electron chi connectivity index (χ4n) is 5.06. The number of carbonyl (C=O) groups is 3. The van der Waals surface area contributed by atoms with Crippen LogP contribution in [0.4, 0.5) is 5.82 Å². The van der Waals surface area contributed by atoms with E-state index in [1.54, 1.807) is 30.5 Å². The van der Waals surface area contributed by atoms with Crippen LogP contribution in [-0.2, 0) is 9.53 Å². The Morgan fingerprint density at radius 1 is 1.08 bits per heavy atom. The standard InChI is InChI=1S/C29H36N4O5/c1-29(2,3)32-26-25(19-10-12-20(13-11-19)28(37)38-4)31-23-16-21(14-15-33(23)26)27(36)30-22(17-24(34)35)18-8-6-5-7-9-18/h10-16,18,22,32H,5-9,17H2,1-4H3,(H,30,36)(H,34,35). The monoisotopic (exact) mass is 520 g/mol. The number of methoxy groups -OCH3 is 1. The van der Waals surface area contributed by atoms with Crippen molar-refractivity contribution in [3.05, 3.63) is 53.7 Å². The summed E-state index contributed by atoms with van der Waals surface area (Å²) < 4.78 is 6.69. The van der Waals surface area contributed by atoms with Crippen LogP contribution in [0.3, 0.4) is 0 Å². The van der Waals surface area contributed by atoms with Crippen molar-refractivity contribution in [1.29, 1.82) is 0 Å². The Morgan fingerprint density at radius 3 is 2.37 bits per heavy atom. The predicted molar refractivity (Wildman–Crippen MR) is 145 cm³/mol. The molecule has 1 aliphatic rings. The molecule has 1 saturated carbocycles. The highest BCUT2D eigenvalue weighted by Gasteiger charge is 2.28. The molecular weight excluding hydrogens is 484 g/mol. The van der Waals surface area contributed by atoms with Crippen LogP contribution in [0.2, 0.25) is 0 Å². The Balaban J connectivity index is 1.67. The van der Waals surface area contributed by atoms with Crippen molar-refractivity contribution in [1.82, 2.24) is 14.7 Å². The Hall–Kier alpha value is -3.88. The number of aromatic nitrogens is 2. The van der Waals surface area contributed by atoms with E-state index in [-0.39, 0.29) is 23.8 Å². The van der Waals surface area contributed by atoms with Crippen LogP contribution in [0.25, 0.3) is 16.9 Å². The Morgan fingerprint density at radius 2 is 1.76 bits per heavy atom. The molecule has 1 amide bonds. The van der Waals surface area contributed by atoms with Crippen molar-refractivity contribution in [3.8, 4) is 11.3 Å². The molecule has 9 heteroatoms. The molecule has 0 saturated heterocycles. The number of carboxylic acids is 1. The highest BCUT2D eigenvalue weighted by molar-refractivity contribution is 5.96. The molecule has 1 aromatic carbocycles. The minimum absolute atomic E-state index is 0.0899. The first kappa shape index (κ1) is 27.2. The average molecular weight is 521 g/mol. The lowest BCUT2D eigenvalue weighted by molar-refractivity contribution is -0.137. The lowest BCUT2D eigenvalue weighted by Crippen LogP contribution is -2.42. The number of esters is 1. The van der Waals surface area contributed by atoms with E-state index >= 15 is 0 Å². The Labute approximate surface area is 222 Å². The van der Waals surface area contributed by atoms with Crippen LogP contribution in [-0.4, -0.2) is 51.0 Å². The number of fused-ring (bicyclic) bond motifs is 1. The number of imidazole rings is 1. The third-order valence-corrected chi connectivity index (χ3v) is 6.89. The normalized spacial score (nSPS) is 15.2. The number of pyridine rings is 1. The molecule has 1 atom stereocenters. The molecule has 0 bridgehead atoms. The summed E-state index contributed by atoms with van der Waals surface area (Å²) in [7, 11) is 1.34. The van der Waals surface area contributed by atoms with Gasteiger partial charge in [0.15, 0.2) is 0 Å². The van der Waals surface area contributed by atoms with Crippen molar-refractivity contribution in [2.45, 2.75) is 70.9 Å². The van der Waals surface area contributed by atoms with Crippen LogP contribution < -0.4 is 10.6 Å². The van der Waals surface area contributed by atoms with Crippen molar-refractivity contribution < 1.29 is 24.2 Å². The van der Waals surface area contributed by atoms with Crippen molar-refractivity contribution in [2.24, 2.45) is 5.92 Å². The number of anilines is 1. The van der Waals surface area contributed by atoms with Crippen molar-refractivity contribution in [3.63, 3.8) is 0 Å². The molecule has 0 spiro atoms. The lowest BCUT2D eigenvalue weighted by atomic mass is 9.82. The highest BCUT2D eigenvalue weighted by Crippen LogP contribution is 2.32. The number of hydrogen-bond acceptors (Lipinski definition) is 6. The molecule has 4 rings (SSSR count). The number of carboxylic acid groups (broad SMARTS) is 1. The second-order valence-electron chi connectivity index (χ2n) is 11.0. The zero-order chi connectivity index (χ0) is 27.4. The van der Waals surface area contributed by atoms with E-state index in [0.717, 1.165) is 43.5 Å². The minimum atomic E-state index is -0.912. The maximum absolute atomic E-state index is 13.2. The van der Waals surface area contributed by atoms with Gasteiger partial charge in [-0.25, -0.2) is 9.78 Å². The van der Waals surface area contributed by atoms with Crippen molar-refractivity contribution in [2.75, 3.05) is 12.4 Å². The third-order valence-electron chi connectivity index (χ3n) is 6.89. The van der Waals surface area contributed by atoms with Crippen LogP contribution in [0.5, 0.6) is 0 Å². The van der Waals surface area contributed by atoms with Crippen LogP contribution in [0.1, 0.15) is 80.0 Å². The summed E-state index contributed by atoms with van der Waals surface area (Å²) in [5, 5.41) is 15.9. The average Bonchev–Trinajstić information content (AvgIpc) is 3.24. The summed E-state index contributed by atoms with van der Waals surface area (Å²) in [6, 6.07) is 10.1. The molecule has 38 heavy (non-hydrogen) atoms. The summed E-state index contributed by atoms with van der Waals surface area (Å²) in [5.41, 5.74) is 2.65. The van der Waals surface area contributed by atoms with E-state index in [1.165, 1.54) is 7.11 Å². The number of amides is 1. The van der Waals surface area contributed by atoms with E-state index in [2.05, 4.69) is 10.6 Å². The molecule has 1 aliphatic carbocycles. The van der Waals surface area contributed by atoms with Gasteiger partial charge < -0.3 is 20.5 Å². The summed E-state index contributed by atoms with van der Waals surface area (Å²) >= 11 is 0. The van der Waals surface area contributed by atoms with Gasteiger partial charge in [-0.3, -0.25) is 14.0 Å². The first-order valence-corrected chi connectivity index (χ1v) is 13.1. The molecule has 1 unspecified atom stereocenters. The fraction of sp³-hybridized carbons (Fsp3) is 0.448. The quantitative estimate of drug-likeness (QED) is 0.351. The van der Waals surface area contributed by atoms with Gasteiger partial charge in [-0.1, -0.05) is 31.4 Å². The second-order valence-corrected chi connectivity index (χ2v) is 11.0. The smallest absolute Gasteiger partial charge is 0.337 e. The largest absolute Gasteiger partial charge is 0.481 e. The predicted octanol–water partition coefficient (Wildman–Crippen LogP) is 5.15. The topological polar surface area (TPSA) is 122 Å². The minimum Gasteiger partial charge on any atom is -0.481 e. The maximum atomic E-state index is 13.2. The number of hydrogen-bond donors (Lipinski definition) is 3. The number of carbonyl (C=O) groups excluding carboxylic acids is 2. The summed E-state index contributed by atoms with van der Waals surface area (Å²) in [4.78, 5) is 41.5. The number of nitrogens with zero attached hydrogens (tertiary/aromatic N) is 2. The highest BCUT2D eigenvalue weighted by atomic mass is 16.5. The van der Waals surface area contributed by atoms with Gasteiger partial charge in [-0.15, -0.1) is 0 Å². The van der Waals surface area contributed by atoms with Crippen LogP contribution in [0, 0.1) is 5.92 Å². The molecule has 1 fully saturated rings. The van der Waals surface area contributed by atoms with E-state index in [1.807, 2.05) is 37.3 Å². The first-order chi connectivity index (χ1) is 18.1. The van der Waals surface area contributed by atoms with Gasteiger partial charge in [-0.2, -0.15) is 0 Å². The lowest BCUT2D eigenvalue weighted by Gasteiger charge is -2.30.